The van der Waals surface area contributed by atoms with Crippen LogP contribution in [-0.2, 0) is 23.7 Å². The predicted octanol–water partition coefficient (Wildman–Crippen LogP) is 3.20. The molecular weight excluding hydrogens is 336 g/mol. The fraction of sp³-hybridized carbons (Fsp3) is 1.00. The van der Waals surface area contributed by atoms with E-state index in [2.05, 4.69) is 6.92 Å². The summed E-state index contributed by atoms with van der Waals surface area (Å²) in [6.45, 7) is 8.07. The van der Waals surface area contributed by atoms with E-state index in [9.17, 15) is 0 Å². The van der Waals surface area contributed by atoms with Gasteiger partial charge in [0.15, 0.2) is 0 Å². The highest BCUT2D eigenvalue weighted by Gasteiger charge is 1.94. The first-order chi connectivity index (χ1) is 12.9. The van der Waals surface area contributed by atoms with Gasteiger partial charge in [0.25, 0.3) is 0 Å². The van der Waals surface area contributed by atoms with E-state index in [0.717, 1.165) is 13.0 Å². The van der Waals surface area contributed by atoms with Crippen LogP contribution in [0.25, 0.3) is 0 Å². The summed E-state index contributed by atoms with van der Waals surface area (Å²) < 4.78 is 26.8. The minimum absolute atomic E-state index is 0.0490. The Hall–Kier alpha value is -0.240. The number of rotatable bonds is 23. The van der Waals surface area contributed by atoms with Crippen LogP contribution in [-0.4, -0.2) is 77.8 Å². The van der Waals surface area contributed by atoms with E-state index in [1.165, 1.54) is 44.9 Å². The van der Waals surface area contributed by atoms with Crippen molar-refractivity contribution in [3.8, 4) is 0 Å². The lowest BCUT2D eigenvalue weighted by Gasteiger charge is -2.08. The average molecular weight is 379 g/mol. The summed E-state index contributed by atoms with van der Waals surface area (Å²) >= 11 is 0. The minimum atomic E-state index is 0.0490. The average Bonchev–Trinajstić information content (AvgIpc) is 2.66. The normalized spacial score (nSPS) is 11.3. The maximum absolute atomic E-state index is 8.53. The van der Waals surface area contributed by atoms with E-state index in [4.69, 9.17) is 28.8 Å². The van der Waals surface area contributed by atoms with E-state index >= 15 is 0 Å². The molecule has 0 saturated carbocycles. The first kappa shape index (κ1) is 25.8. The summed E-state index contributed by atoms with van der Waals surface area (Å²) in [5, 5.41) is 8.53. The molecule has 0 atom stereocenters. The molecule has 0 heterocycles. The van der Waals surface area contributed by atoms with Crippen molar-refractivity contribution in [2.75, 3.05) is 72.7 Å². The molecule has 0 amide bonds. The lowest BCUT2D eigenvalue weighted by molar-refractivity contribution is -0.0134. The number of aliphatic hydroxyl groups is 1. The zero-order valence-electron chi connectivity index (χ0n) is 16.9. The fourth-order valence-corrected chi connectivity index (χ4v) is 2.38. The molecule has 6 heteroatoms. The van der Waals surface area contributed by atoms with Crippen molar-refractivity contribution in [1.29, 1.82) is 0 Å². The third-order valence-corrected chi connectivity index (χ3v) is 3.87. The first-order valence-electron chi connectivity index (χ1n) is 10.4. The number of hydrogen-bond acceptors (Lipinski definition) is 6. The van der Waals surface area contributed by atoms with Gasteiger partial charge in [0.05, 0.1) is 66.1 Å². The summed E-state index contributed by atoms with van der Waals surface area (Å²) in [6, 6.07) is 0. The third kappa shape index (κ3) is 23.8. The Morgan fingerprint density at radius 1 is 0.423 bits per heavy atom. The van der Waals surface area contributed by atoms with Gasteiger partial charge in [0.2, 0.25) is 0 Å². The van der Waals surface area contributed by atoms with Gasteiger partial charge in [-0.2, -0.15) is 0 Å². The van der Waals surface area contributed by atoms with E-state index in [1.54, 1.807) is 0 Å². The molecule has 0 rings (SSSR count). The highest BCUT2D eigenvalue weighted by molar-refractivity contribution is 4.46. The van der Waals surface area contributed by atoms with Gasteiger partial charge in [-0.1, -0.05) is 51.9 Å². The molecule has 0 aliphatic rings. The lowest BCUT2D eigenvalue weighted by atomic mass is 10.1. The van der Waals surface area contributed by atoms with Crippen LogP contribution in [0.5, 0.6) is 0 Å². The number of ether oxygens (including phenoxy) is 5. The Kier molecular flexibility index (Phi) is 24.5. The van der Waals surface area contributed by atoms with E-state index in [1.807, 2.05) is 0 Å². The summed E-state index contributed by atoms with van der Waals surface area (Å²) in [4.78, 5) is 0. The molecule has 0 aliphatic heterocycles. The summed E-state index contributed by atoms with van der Waals surface area (Å²) in [7, 11) is 0. The maximum Gasteiger partial charge on any atom is 0.0701 e. The fourth-order valence-electron chi connectivity index (χ4n) is 2.38. The van der Waals surface area contributed by atoms with Crippen molar-refractivity contribution >= 4 is 0 Å². The van der Waals surface area contributed by atoms with Crippen LogP contribution in [0.4, 0.5) is 0 Å². The Labute approximate surface area is 160 Å². The van der Waals surface area contributed by atoms with Crippen LogP contribution in [0.1, 0.15) is 58.3 Å². The van der Waals surface area contributed by atoms with Crippen molar-refractivity contribution < 1.29 is 28.8 Å². The van der Waals surface area contributed by atoms with Crippen LogP contribution >= 0.6 is 0 Å². The van der Waals surface area contributed by atoms with Gasteiger partial charge in [0.1, 0.15) is 0 Å². The highest BCUT2D eigenvalue weighted by atomic mass is 16.6. The third-order valence-electron chi connectivity index (χ3n) is 3.87. The van der Waals surface area contributed by atoms with E-state index in [0.29, 0.717) is 59.5 Å². The Bertz CT molecular complexity index is 216. The topological polar surface area (TPSA) is 66.4 Å². The van der Waals surface area contributed by atoms with Gasteiger partial charge < -0.3 is 28.8 Å². The van der Waals surface area contributed by atoms with Gasteiger partial charge >= 0.3 is 0 Å². The standard InChI is InChI=1S/C20H42O6/c1-2-3-4-5-6-7-8-9-11-22-13-15-24-17-19-26-20-18-25-16-14-23-12-10-21/h21H,2-20H2,1H3. The SMILES string of the molecule is CCCCCCCCCCOCCOCCOCCOCCOCCO. The molecule has 0 unspecified atom stereocenters. The molecule has 26 heavy (non-hydrogen) atoms. The van der Waals surface area contributed by atoms with Crippen molar-refractivity contribution in [2.24, 2.45) is 0 Å². The Balaban J connectivity index is 2.95. The van der Waals surface area contributed by atoms with Gasteiger partial charge in [-0.25, -0.2) is 0 Å². The Morgan fingerprint density at radius 3 is 1.19 bits per heavy atom. The smallest absolute Gasteiger partial charge is 0.0701 e. The van der Waals surface area contributed by atoms with Gasteiger partial charge in [0, 0.05) is 6.61 Å². The van der Waals surface area contributed by atoms with Crippen LogP contribution in [0.15, 0.2) is 0 Å². The highest BCUT2D eigenvalue weighted by Crippen LogP contribution is 2.08. The van der Waals surface area contributed by atoms with E-state index in [-0.39, 0.29) is 6.61 Å². The Morgan fingerprint density at radius 2 is 0.769 bits per heavy atom. The molecule has 6 nitrogen and oxygen atoms in total. The van der Waals surface area contributed by atoms with Gasteiger partial charge in [-0.05, 0) is 6.42 Å². The molecule has 0 fully saturated rings. The summed E-state index contributed by atoms with van der Waals surface area (Å²) in [5.74, 6) is 0. The molecule has 158 valence electrons. The first-order valence-corrected chi connectivity index (χ1v) is 10.4. The van der Waals surface area contributed by atoms with Crippen molar-refractivity contribution in [2.45, 2.75) is 58.3 Å². The molecule has 1 N–H and O–H groups in total. The largest absolute Gasteiger partial charge is 0.394 e. The molecule has 0 spiro atoms. The molecular formula is C20H42O6. The lowest BCUT2D eigenvalue weighted by Crippen LogP contribution is -2.13. The van der Waals surface area contributed by atoms with Gasteiger partial charge in [-0.3, -0.25) is 0 Å². The molecule has 0 aromatic heterocycles. The zero-order chi connectivity index (χ0) is 19.0. The molecule has 0 aromatic carbocycles. The van der Waals surface area contributed by atoms with Crippen LogP contribution < -0.4 is 0 Å². The van der Waals surface area contributed by atoms with Crippen LogP contribution in [0.2, 0.25) is 0 Å². The number of aliphatic hydroxyl groups excluding tert-OH is 1. The second kappa shape index (κ2) is 24.8. The second-order valence-corrected chi connectivity index (χ2v) is 6.26. The number of unbranched alkanes of at least 4 members (excludes halogenated alkanes) is 7. The van der Waals surface area contributed by atoms with E-state index < -0.39 is 0 Å². The maximum atomic E-state index is 8.53. The van der Waals surface area contributed by atoms with Crippen molar-refractivity contribution in [3.63, 3.8) is 0 Å². The van der Waals surface area contributed by atoms with Crippen LogP contribution in [0, 0.1) is 0 Å². The number of hydrogen-bond donors (Lipinski definition) is 1. The molecule has 0 aliphatic carbocycles. The van der Waals surface area contributed by atoms with Crippen LogP contribution in [0.3, 0.4) is 0 Å². The van der Waals surface area contributed by atoms with Crippen molar-refractivity contribution in [3.05, 3.63) is 0 Å². The zero-order valence-corrected chi connectivity index (χ0v) is 16.9. The quantitative estimate of drug-likeness (QED) is 0.275. The molecule has 0 saturated heterocycles. The molecule has 0 aromatic rings. The molecule has 0 bridgehead atoms. The molecule has 0 radical (unpaired) electrons. The minimum Gasteiger partial charge on any atom is -0.394 e. The summed E-state index contributed by atoms with van der Waals surface area (Å²) in [5.41, 5.74) is 0. The monoisotopic (exact) mass is 378 g/mol. The van der Waals surface area contributed by atoms with Crippen molar-refractivity contribution in [1.82, 2.24) is 0 Å². The van der Waals surface area contributed by atoms with Gasteiger partial charge in [-0.15, -0.1) is 0 Å². The predicted molar refractivity (Wildman–Crippen MR) is 104 cm³/mol. The second-order valence-electron chi connectivity index (χ2n) is 6.26. The summed E-state index contributed by atoms with van der Waals surface area (Å²) in [6.07, 6.45) is 10.6.